The van der Waals surface area contributed by atoms with E-state index in [0.717, 1.165) is 24.0 Å². The summed E-state index contributed by atoms with van der Waals surface area (Å²) < 4.78 is 55.5. The van der Waals surface area contributed by atoms with E-state index in [2.05, 4.69) is 35.2 Å². The van der Waals surface area contributed by atoms with Gasteiger partial charge in [0.2, 0.25) is 19.7 Å². The fourth-order valence-electron chi connectivity index (χ4n) is 5.13. The molecule has 4 aromatic carbocycles. The van der Waals surface area contributed by atoms with E-state index < -0.39 is 19.7 Å². The lowest BCUT2D eigenvalue weighted by molar-refractivity contribution is -0.140. The molecule has 0 radical (unpaired) electrons. The van der Waals surface area contributed by atoms with Crippen LogP contribution in [0.5, 0.6) is 0 Å². The molecule has 0 fully saturated rings. The summed E-state index contributed by atoms with van der Waals surface area (Å²) in [7, 11) is -7.26. The molecule has 53 heavy (non-hydrogen) atoms. The third-order valence-corrected chi connectivity index (χ3v) is 11.1. The Morgan fingerprint density at radius 3 is 1.60 bits per heavy atom. The van der Waals surface area contributed by atoms with Crippen LogP contribution >= 0.6 is 0 Å². The maximum absolute atomic E-state index is 12.8. The van der Waals surface area contributed by atoms with Gasteiger partial charge in [-0.2, -0.15) is 10.2 Å². The van der Waals surface area contributed by atoms with Crippen LogP contribution in [0.2, 0.25) is 0 Å². The number of carbonyl (C=O) groups excluding carboxylic acids is 1. The summed E-state index contributed by atoms with van der Waals surface area (Å²) in [6, 6.07) is 27.8. The topological polar surface area (TPSA) is 227 Å². The number of aryl methyl sites for hydroxylation is 2. The lowest BCUT2D eigenvalue weighted by Crippen LogP contribution is -2.03. The number of H-pyrrole nitrogens is 2. The van der Waals surface area contributed by atoms with Gasteiger partial charge < -0.3 is 10.5 Å². The van der Waals surface area contributed by atoms with Crippen molar-refractivity contribution in [2.24, 2.45) is 10.8 Å². The zero-order chi connectivity index (χ0) is 37.6. The predicted molar refractivity (Wildman–Crippen MR) is 205 cm³/mol. The minimum absolute atomic E-state index is 0. The summed E-state index contributed by atoms with van der Waals surface area (Å²) in [5.41, 5.74) is 17.1. The van der Waals surface area contributed by atoms with Gasteiger partial charge in [-0.25, -0.2) is 16.8 Å². The van der Waals surface area contributed by atoms with Crippen LogP contribution in [0.1, 0.15) is 45.2 Å². The van der Waals surface area contributed by atoms with Crippen molar-refractivity contribution >= 4 is 47.4 Å². The van der Waals surface area contributed by atoms with Gasteiger partial charge in [0.1, 0.15) is 0 Å². The number of hydrogen-bond acceptors (Lipinski definition) is 10. The molecule has 0 saturated heterocycles. The number of azide groups is 1. The molecule has 0 unspecified atom stereocenters. The van der Waals surface area contributed by atoms with Crippen LogP contribution in [0, 0.1) is 0 Å². The van der Waals surface area contributed by atoms with Crippen LogP contribution in [0.3, 0.4) is 0 Å². The van der Waals surface area contributed by atoms with Crippen molar-refractivity contribution in [3.63, 3.8) is 0 Å². The van der Waals surface area contributed by atoms with E-state index in [0.29, 0.717) is 54.3 Å². The van der Waals surface area contributed by atoms with Crippen molar-refractivity contribution in [2.75, 3.05) is 19.7 Å². The van der Waals surface area contributed by atoms with E-state index in [1.54, 1.807) is 73.7 Å². The van der Waals surface area contributed by atoms with Crippen LogP contribution in [0.15, 0.2) is 122 Å². The van der Waals surface area contributed by atoms with Crippen LogP contribution in [-0.4, -0.2) is 62.9 Å². The molecule has 0 aliphatic heterocycles. The highest BCUT2D eigenvalue weighted by Gasteiger charge is 2.24. The van der Waals surface area contributed by atoms with E-state index >= 15 is 0 Å². The molecule has 0 atom stereocenters. The van der Waals surface area contributed by atoms with Crippen molar-refractivity contribution in [2.45, 2.75) is 66.8 Å². The van der Waals surface area contributed by atoms with Crippen LogP contribution < -0.4 is 5.73 Å². The molecule has 14 nitrogen and oxygen atoms in total. The van der Waals surface area contributed by atoms with E-state index in [1.807, 2.05) is 30.3 Å². The Morgan fingerprint density at radius 2 is 1.23 bits per heavy atom. The number of hydrogen-bond donors (Lipinski definition) is 3. The Bertz CT molecular complexity index is 2360. The van der Waals surface area contributed by atoms with E-state index in [4.69, 9.17) is 11.3 Å². The number of sulfone groups is 2. The van der Waals surface area contributed by atoms with Gasteiger partial charge in [0.15, 0.2) is 10.1 Å². The second-order valence-electron chi connectivity index (χ2n) is 11.3. The minimum Gasteiger partial charge on any atom is -0.466 e. The van der Waals surface area contributed by atoms with Gasteiger partial charge >= 0.3 is 5.97 Å². The number of fused-ring (bicyclic) bond motifs is 2. The van der Waals surface area contributed by atoms with Gasteiger partial charge in [-0.15, -0.1) is 0 Å². The van der Waals surface area contributed by atoms with Crippen LogP contribution in [0.4, 0.5) is 0 Å². The van der Waals surface area contributed by atoms with Gasteiger partial charge in [0, 0.05) is 29.2 Å². The first-order chi connectivity index (χ1) is 25.0. The smallest absolute Gasteiger partial charge is 0.302 e. The molecule has 2 heterocycles. The summed E-state index contributed by atoms with van der Waals surface area (Å²) in [4.78, 5) is 13.0. The van der Waals surface area contributed by atoms with Crippen molar-refractivity contribution in [3.05, 3.63) is 119 Å². The molecule has 2 aromatic heterocycles. The lowest BCUT2D eigenvalue weighted by atomic mass is 10.1. The molecule has 0 aliphatic rings. The summed E-state index contributed by atoms with van der Waals surface area (Å²) >= 11 is 0. The first-order valence-corrected chi connectivity index (χ1v) is 19.4. The molecular formula is C37H44N8O6S2. The molecular weight excluding hydrogens is 717 g/mol. The SMILES string of the molecule is C.CCOC(C)=O.NCCCc1ccc2n[nH]c(S(=O)(=O)c3ccccc3)c2c1.[N-]=[N+]=NCCCc1ccc2n[nH]c(S(=O)(=O)c3ccccc3)c2c1. The predicted octanol–water partition coefficient (Wildman–Crippen LogP) is 7.13. The number of rotatable bonds is 12. The average Bonchev–Trinajstić information content (AvgIpc) is 3.79. The third-order valence-electron chi connectivity index (χ3n) is 7.62. The normalized spacial score (nSPS) is 10.9. The average molecular weight is 761 g/mol. The van der Waals surface area contributed by atoms with Gasteiger partial charge in [-0.3, -0.25) is 15.0 Å². The fraction of sp³-hybridized carbons (Fsp3) is 0.270. The van der Waals surface area contributed by atoms with E-state index in [9.17, 15) is 21.6 Å². The third kappa shape index (κ3) is 11.0. The number of esters is 1. The molecule has 6 rings (SSSR count). The standard InChI is InChI=1S/C16H15N5O2S.C16H17N3O2S.C4H8O2.CH4/c17-21-18-10-4-5-12-8-9-15-14(11-12)16(20-19-15)24(22,23)13-6-2-1-3-7-13;17-10-4-5-12-8-9-15-14(11-12)16(19-18-15)22(20,21)13-6-2-1-3-7-13;1-3-6-4(2)5;/h1-3,6-9,11H,4-5,10H2,(H,19,20);1-3,6-9,11H,4-5,10,17H2,(H,18,19);3H2,1-2H3;1H4. The fourth-order valence-corrected chi connectivity index (χ4v) is 7.87. The molecule has 0 aliphatic carbocycles. The Hall–Kier alpha value is -5.54. The van der Waals surface area contributed by atoms with Crippen molar-refractivity contribution < 1.29 is 26.4 Å². The summed E-state index contributed by atoms with van der Waals surface area (Å²) in [6.07, 6.45) is 3.09. The molecule has 0 spiro atoms. The number of ether oxygens (including phenoxy) is 1. The summed E-state index contributed by atoms with van der Waals surface area (Å²) in [5, 5.41) is 18.5. The number of nitrogens with one attached hydrogen (secondary N) is 2. The van der Waals surface area contributed by atoms with Gasteiger partial charge in [0.05, 0.1) is 27.4 Å². The second kappa shape index (κ2) is 19.9. The van der Waals surface area contributed by atoms with Gasteiger partial charge in [-0.1, -0.05) is 61.1 Å². The number of aromatic nitrogens is 4. The quantitative estimate of drug-likeness (QED) is 0.0378. The highest BCUT2D eigenvalue weighted by Crippen LogP contribution is 2.28. The Kier molecular flexibility index (Phi) is 15.7. The van der Waals surface area contributed by atoms with Gasteiger partial charge in [0.25, 0.3) is 0 Å². The largest absolute Gasteiger partial charge is 0.466 e. The first-order valence-electron chi connectivity index (χ1n) is 16.4. The van der Waals surface area contributed by atoms with E-state index in [-0.39, 0.29) is 33.2 Å². The molecule has 6 aromatic rings. The maximum Gasteiger partial charge on any atom is 0.302 e. The molecule has 0 amide bonds. The Labute approximate surface area is 309 Å². The first kappa shape index (κ1) is 41.9. The number of nitrogens with two attached hydrogens (primary N) is 1. The van der Waals surface area contributed by atoms with Crippen molar-refractivity contribution in [1.82, 2.24) is 20.4 Å². The minimum atomic E-state index is -3.65. The van der Waals surface area contributed by atoms with Crippen molar-refractivity contribution in [3.8, 4) is 0 Å². The van der Waals surface area contributed by atoms with Crippen LogP contribution in [-0.2, 0) is 42.0 Å². The molecule has 0 bridgehead atoms. The zero-order valence-corrected chi connectivity index (χ0v) is 30.4. The van der Waals surface area contributed by atoms with Gasteiger partial charge in [-0.05, 0) is 104 Å². The number of aromatic amines is 2. The highest BCUT2D eigenvalue weighted by atomic mass is 32.2. The monoisotopic (exact) mass is 760 g/mol. The lowest BCUT2D eigenvalue weighted by Gasteiger charge is -2.04. The Balaban J connectivity index is 0.000000244. The second-order valence-corrected chi connectivity index (χ2v) is 15.1. The summed E-state index contributed by atoms with van der Waals surface area (Å²) in [6.45, 7) is 4.67. The molecule has 16 heteroatoms. The zero-order valence-electron chi connectivity index (χ0n) is 28.8. The number of benzene rings is 4. The highest BCUT2D eigenvalue weighted by molar-refractivity contribution is 7.92. The van der Waals surface area contributed by atoms with Crippen LogP contribution in [0.25, 0.3) is 32.2 Å². The number of carbonyl (C=O) groups is 1. The molecule has 0 saturated carbocycles. The molecule has 4 N–H and O–H groups in total. The Morgan fingerprint density at radius 1 is 0.774 bits per heavy atom. The summed E-state index contributed by atoms with van der Waals surface area (Å²) in [5.74, 6) is -0.211. The van der Waals surface area contributed by atoms with Crippen molar-refractivity contribution in [1.29, 1.82) is 0 Å². The molecule has 280 valence electrons. The number of nitrogens with zero attached hydrogens (tertiary/aromatic N) is 5. The van der Waals surface area contributed by atoms with E-state index in [1.165, 1.54) is 6.92 Å². The maximum atomic E-state index is 12.8.